The van der Waals surface area contributed by atoms with E-state index in [-0.39, 0.29) is 11.9 Å². The number of hydrogen-bond donors (Lipinski definition) is 1. The summed E-state index contributed by atoms with van der Waals surface area (Å²) in [5.74, 6) is -0.155. The summed E-state index contributed by atoms with van der Waals surface area (Å²) in [6, 6.07) is 5.61. The average Bonchev–Trinajstić information content (AvgIpc) is 2.78. The molecule has 0 saturated carbocycles. The third-order valence-corrected chi connectivity index (χ3v) is 5.17. The quantitative estimate of drug-likeness (QED) is 0.677. The zero-order valence-electron chi connectivity index (χ0n) is 12.0. The van der Waals surface area contributed by atoms with Crippen LogP contribution in [0.25, 0.3) is 0 Å². The van der Waals surface area contributed by atoms with Crippen LogP contribution >= 0.6 is 33.9 Å². The highest BCUT2D eigenvalue weighted by molar-refractivity contribution is 14.1. The summed E-state index contributed by atoms with van der Waals surface area (Å²) in [4.78, 5) is 0. The maximum absolute atomic E-state index is 13.5. The zero-order chi connectivity index (χ0) is 14.7. The Labute approximate surface area is 137 Å². The third kappa shape index (κ3) is 3.59. The van der Waals surface area contributed by atoms with E-state index in [4.69, 9.17) is 0 Å². The molecule has 0 aliphatic rings. The van der Waals surface area contributed by atoms with Gasteiger partial charge >= 0.3 is 0 Å². The minimum atomic E-state index is -0.155. The van der Waals surface area contributed by atoms with Crippen molar-refractivity contribution in [2.24, 2.45) is 0 Å². The minimum Gasteiger partial charge on any atom is -0.306 e. The topological polar surface area (TPSA) is 12.0 Å². The molecule has 0 radical (unpaired) electrons. The second kappa shape index (κ2) is 7.00. The Balaban J connectivity index is 2.46. The van der Waals surface area contributed by atoms with Crippen LogP contribution in [0, 0.1) is 22.5 Å². The number of aryl methyl sites for hydroxylation is 2. The lowest BCUT2D eigenvalue weighted by Crippen LogP contribution is -2.24. The van der Waals surface area contributed by atoms with Crippen LogP contribution in [0.5, 0.6) is 0 Å². The smallest absolute Gasteiger partial charge is 0.123 e. The van der Waals surface area contributed by atoms with Crippen LogP contribution < -0.4 is 5.32 Å². The first-order valence-electron chi connectivity index (χ1n) is 6.77. The fraction of sp³-hybridized carbons (Fsp3) is 0.375. The van der Waals surface area contributed by atoms with E-state index in [9.17, 15) is 4.39 Å². The molecule has 1 aromatic heterocycles. The van der Waals surface area contributed by atoms with Crippen molar-refractivity contribution >= 4 is 33.9 Å². The van der Waals surface area contributed by atoms with Gasteiger partial charge in [0.2, 0.25) is 0 Å². The molecular formula is C16H19FINS. The van der Waals surface area contributed by atoms with Gasteiger partial charge in [0.1, 0.15) is 5.82 Å². The highest BCUT2D eigenvalue weighted by atomic mass is 127. The monoisotopic (exact) mass is 403 g/mol. The van der Waals surface area contributed by atoms with Gasteiger partial charge < -0.3 is 5.32 Å². The number of benzene rings is 1. The van der Waals surface area contributed by atoms with Crippen molar-refractivity contribution in [2.75, 3.05) is 6.54 Å². The third-order valence-electron chi connectivity index (χ3n) is 3.37. The summed E-state index contributed by atoms with van der Waals surface area (Å²) in [5.41, 5.74) is 4.49. The van der Waals surface area contributed by atoms with Crippen molar-refractivity contribution in [3.63, 3.8) is 0 Å². The molecule has 0 aliphatic carbocycles. The minimum absolute atomic E-state index is 0.148. The Morgan fingerprint density at radius 2 is 1.90 bits per heavy atom. The van der Waals surface area contributed by atoms with Crippen molar-refractivity contribution in [3.8, 4) is 0 Å². The molecule has 0 saturated heterocycles. The van der Waals surface area contributed by atoms with Gasteiger partial charge in [-0.05, 0) is 95.2 Å². The van der Waals surface area contributed by atoms with E-state index < -0.39 is 0 Å². The lowest BCUT2D eigenvalue weighted by molar-refractivity contribution is 0.587. The SMILES string of the molecule is CCCNC(c1csc(I)c1)c1c(C)cc(F)cc1C. The first-order chi connectivity index (χ1) is 9.52. The Bertz CT molecular complexity index is 571. The predicted octanol–water partition coefficient (Wildman–Crippen LogP) is 5.20. The molecule has 1 nitrogen and oxygen atoms in total. The van der Waals surface area contributed by atoms with E-state index in [0.717, 1.165) is 24.1 Å². The van der Waals surface area contributed by atoms with E-state index in [2.05, 4.69) is 46.3 Å². The number of nitrogens with one attached hydrogen (secondary N) is 1. The van der Waals surface area contributed by atoms with E-state index >= 15 is 0 Å². The van der Waals surface area contributed by atoms with Gasteiger partial charge in [0.05, 0.1) is 8.93 Å². The van der Waals surface area contributed by atoms with Crippen molar-refractivity contribution in [3.05, 3.63) is 54.5 Å². The molecule has 20 heavy (non-hydrogen) atoms. The molecule has 4 heteroatoms. The summed E-state index contributed by atoms with van der Waals surface area (Å²) in [7, 11) is 0. The van der Waals surface area contributed by atoms with Gasteiger partial charge in [-0.2, -0.15) is 0 Å². The van der Waals surface area contributed by atoms with Crippen molar-refractivity contribution in [2.45, 2.75) is 33.2 Å². The Morgan fingerprint density at radius 1 is 1.25 bits per heavy atom. The van der Waals surface area contributed by atoms with Crippen LogP contribution in [0.1, 0.15) is 41.6 Å². The largest absolute Gasteiger partial charge is 0.306 e. The molecule has 1 heterocycles. The lowest BCUT2D eigenvalue weighted by atomic mass is 9.92. The summed E-state index contributed by atoms with van der Waals surface area (Å²) in [6.45, 7) is 7.09. The van der Waals surface area contributed by atoms with Gasteiger partial charge in [0.25, 0.3) is 0 Å². The molecule has 2 aromatic rings. The molecular weight excluding hydrogens is 384 g/mol. The summed E-state index contributed by atoms with van der Waals surface area (Å²) in [5, 5.41) is 5.79. The molecule has 108 valence electrons. The van der Waals surface area contributed by atoms with Gasteiger partial charge in [-0.1, -0.05) is 6.92 Å². The van der Waals surface area contributed by atoms with Gasteiger partial charge in [0, 0.05) is 0 Å². The normalized spacial score (nSPS) is 12.7. The fourth-order valence-electron chi connectivity index (χ4n) is 2.53. The summed E-state index contributed by atoms with van der Waals surface area (Å²) < 4.78 is 14.8. The zero-order valence-corrected chi connectivity index (χ0v) is 14.9. The van der Waals surface area contributed by atoms with Crippen LogP contribution in [0.4, 0.5) is 4.39 Å². The van der Waals surface area contributed by atoms with E-state index in [1.165, 1.54) is 14.0 Å². The van der Waals surface area contributed by atoms with E-state index in [0.29, 0.717) is 0 Å². The van der Waals surface area contributed by atoms with Crippen LogP contribution in [0.3, 0.4) is 0 Å². The number of hydrogen-bond acceptors (Lipinski definition) is 2. The number of halogens is 2. The first-order valence-corrected chi connectivity index (χ1v) is 8.72. The van der Waals surface area contributed by atoms with Gasteiger partial charge in [-0.15, -0.1) is 11.3 Å². The maximum atomic E-state index is 13.5. The van der Waals surface area contributed by atoms with Crippen LogP contribution in [-0.2, 0) is 0 Å². The van der Waals surface area contributed by atoms with Crippen molar-refractivity contribution in [1.82, 2.24) is 5.32 Å². The maximum Gasteiger partial charge on any atom is 0.123 e. The van der Waals surface area contributed by atoms with Crippen LogP contribution in [0.15, 0.2) is 23.6 Å². The molecule has 0 bridgehead atoms. The predicted molar refractivity (Wildman–Crippen MR) is 93.0 cm³/mol. The van der Waals surface area contributed by atoms with Crippen LogP contribution in [-0.4, -0.2) is 6.54 Å². The molecule has 0 spiro atoms. The molecule has 1 N–H and O–H groups in total. The van der Waals surface area contributed by atoms with E-state index in [1.54, 1.807) is 23.5 Å². The lowest BCUT2D eigenvalue weighted by Gasteiger charge is -2.22. The second-order valence-corrected chi connectivity index (χ2v) is 7.83. The second-order valence-electron chi connectivity index (χ2n) is 5.02. The molecule has 0 fully saturated rings. The molecule has 2 rings (SSSR count). The molecule has 0 amide bonds. The molecule has 1 unspecified atom stereocenters. The van der Waals surface area contributed by atoms with E-state index in [1.807, 2.05) is 13.8 Å². The summed E-state index contributed by atoms with van der Waals surface area (Å²) in [6.07, 6.45) is 1.08. The Morgan fingerprint density at radius 3 is 2.40 bits per heavy atom. The van der Waals surface area contributed by atoms with Crippen LogP contribution in [0.2, 0.25) is 0 Å². The summed E-state index contributed by atoms with van der Waals surface area (Å²) >= 11 is 4.09. The number of thiophene rings is 1. The highest BCUT2D eigenvalue weighted by Crippen LogP contribution is 2.31. The van der Waals surface area contributed by atoms with Gasteiger partial charge in [-0.25, -0.2) is 4.39 Å². The van der Waals surface area contributed by atoms with Gasteiger partial charge in [0.15, 0.2) is 0 Å². The molecule has 0 aliphatic heterocycles. The van der Waals surface area contributed by atoms with Crippen molar-refractivity contribution < 1.29 is 4.39 Å². The Hall–Kier alpha value is -0.460. The molecule has 1 atom stereocenters. The average molecular weight is 403 g/mol. The van der Waals surface area contributed by atoms with Crippen molar-refractivity contribution in [1.29, 1.82) is 0 Å². The van der Waals surface area contributed by atoms with Gasteiger partial charge in [-0.3, -0.25) is 0 Å². The fourth-order valence-corrected chi connectivity index (χ4v) is 3.93. The Kier molecular flexibility index (Phi) is 5.57. The standard InChI is InChI=1S/C16H19FINS/c1-4-5-19-16(12-8-14(18)20-9-12)15-10(2)6-13(17)7-11(15)3/h6-9,16,19H,4-5H2,1-3H3. The highest BCUT2D eigenvalue weighted by Gasteiger charge is 2.19. The first kappa shape index (κ1) is 15.9. The molecule has 1 aromatic carbocycles. The number of rotatable bonds is 5.